The van der Waals surface area contributed by atoms with Gasteiger partial charge in [-0.05, 0) is 18.7 Å². The molecule has 0 spiro atoms. The number of hydrogen-bond acceptors (Lipinski definition) is 2. The Morgan fingerprint density at radius 2 is 1.85 bits per heavy atom. The van der Waals surface area contributed by atoms with E-state index >= 15 is 0 Å². The van der Waals surface area contributed by atoms with Crippen LogP contribution in [0.4, 0.5) is 0 Å². The van der Waals surface area contributed by atoms with E-state index in [2.05, 4.69) is 14.0 Å². The van der Waals surface area contributed by atoms with Crippen LogP contribution in [-0.4, -0.2) is 6.61 Å². The second kappa shape index (κ2) is 9.18. The summed E-state index contributed by atoms with van der Waals surface area (Å²) in [4.78, 5) is 0. The molecule has 0 amide bonds. The van der Waals surface area contributed by atoms with Crippen LogP contribution in [0.2, 0.25) is 0 Å². The summed E-state index contributed by atoms with van der Waals surface area (Å²) in [6.45, 7) is 3.98. The molecule has 0 aliphatic carbocycles. The fourth-order valence-corrected chi connectivity index (χ4v) is 0.772. The van der Waals surface area contributed by atoms with E-state index in [4.69, 9.17) is 9.47 Å². The number of ether oxygens (including phenoxy) is 2. The van der Waals surface area contributed by atoms with Crippen LogP contribution in [0.1, 0.15) is 0 Å². The zero-order valence-electron chi connectivity index (χ0n) is 7.23. The molecule has 13 heavy (non-hydrogen) atoms. The third-order valence-electron chi connectivity index (χ3n) is 1.24. The van der Waals surface area contributed by atoms with Gasteiger partial charge in [0.15, 0.2) is 0 Å². The molecule has 4 heteroatoms. The SMILES string of the molecule is [CH2-]COc1cccc(O[CH2-])c1.[W].[Y]. The zero-order valence-corrected chi connectivity index (χ0v) is 13.0. The zero-order chi connectivity index (χ0) is 8.10. The van der Waals surface area contributed by atoms with Gasteiger partial charge in [0.05, 0.1) is 5.75 Å². The molecule has 0 saturated carbocycles. The Morgan fingerprint density at radius 1 is 1.23 bits per heavy atom. The predicted molar refractivity (Wildman–Crippen MR) is 43.3 cm³/mol. The quantitative estimate of drug-likeness (QED) is 0.694. The summed E-state index contributed by atoms with van der Waals surface area (Å²) in [5.41, 5.74) is 0. The van der Waals surface area contributed by atoms with Gasteiger partial charge in [-0.1, -0.05) is 6.07 Å². The molecule has 1 aromatic carbocycles. The second-order valence-corrected chi connectivity index (χ2v) is 1.97. The van der Waals surface area contributed by atoms with Gasteiger partial charge in [-0.3, -0.25) is 0 Å². The maximum absolute atomic E-state index is 5.13. The third-order valence-corrected chi connectivity index (χ3v) is 1.24. The van der Waals surface area contributed by atoms with Crippen molar-refractivity contribution in [1.29, 1.82) is 0 Å². The van der Waals surface area contributed by atoms with Crippen molar-refractivity contribution in [3.63, 3.8) is 0 Å². The van der Waals surface area contributed by atoms with Crippen molar-refractivity contribution in [3.05, 3.63) is 38.3 Å². The number of benzene rings is 1. The molecule has 1 radical (unpaired) electrons. The Morgan fingerprint density at radius 3 is 2.38 bits per heavy atom. The molecule has 69 valence electrons. The van der Waals surface area contributed by atoms with Crippen LogP contribution in [0.3, 0.4) is 0 Å². The van der Waals surface area contributed by atoms with Gasteiger partial charge in [0.2, 0.25) is 0 Å². The van der Waals surface area contributed by atoms with Crippen LogP contribution in [-0.2, 0) is 53.8 Å². The first kappa shape index (κ1) is 16.1. The molecule has 0 bridgehead atoms. The Balaban J connectivity index is 0. The van der Waals surface area contributed by atoms with E-state index in [0.29, 0.717) is 12.4 Å². The summed E-state index contributed by atoms with van der Waals surface area (Å²) in [6, 6.07) is 7.25. The summed E-state index contributed by atoms with van der Waals surface area (Å²) in [6.07, 6.45) is 0. The van der Waals surface area contributed by atoms with Crippen LogP contribution in [0.25, 0.3) is 0 Å². The topological polar surface area (TPSA) is 18.5 Å². The Labute approximate surface area is 119 Å². The van der Waals surface area contributed by atoms with Crippen molar-refractivity contribution >= 4 is 0 Å². The summed E-state index contributed by atoms with van der Waals surface area (Å²) < 4.78 is 9.88. The van der Waals surface area contributed by atoms with Gasteiger partial charge in [-0.2, -0.15) is 7.11 Å². The van der Waals surface area contributed by atoms with Gasteiger partial charge >= 0.3 is 0 Å². The maximum atomic E-state index is 5.13. The average molecular weight is 423 g/mol. The normalized spacial score (nSPS) is 7.85. The van der Waals surface area contributed by atoms with Crippen molar-refractivity contribution in [2.45, 2.75) is 0 Å². The van der Waals surface area contributed by atoms with Gasteiger partial charge in [0.25, 0.3) is 0 Å². The van der Waals surface area contributed by atoms with E-state index in [1.165, 1.54) is 0 Å². The average Bonchev–Trinajstić information content (AvgIpc) is 2.06. The van der Waals surface area contributed by atoms with Crippen molar-refractivity contribution in [1.82, 2.24) is 0 Å². The smallest absolute Gasteiger partial charge is 0.118 e. The second-order valence-electron chi connectivity index (χ2n) is 1.97. The molecule has 2 nitrogen and oxygen atoms in total. The molecule has 0 aliphatic rings. The Bertz CT molecular complexity index is 231. The van der Waals surface area contributed by atoms with Crippen LogP contribution >= 0.6 is 0 Å². The third kappa shape index (κ3) is 5.83. The van der Waals surface area contributed by atoms with Crippen molar-refractivity contribution < 1.29 is 63.2 Å². The standard InChI is InChI=1S/C9H10O2.W.Y/c1-3-11-9-6-4-5-8(7-9)10-2;;/h4-7H,1-3H2;;/q-2;;. The number of hydrogen-bond donors (Lipinski definition) is 0. The van der Waals surface area contributed by atoms with Crippen LogP contribution in [0, 0.1) is 14.0 Å². The van der Waals surface area contributed by atoms with Gasteiger partial charge < -0.3 is 16.4 Å². The predicted octanol–water partition coefficient (Wildman–Crippen LogP) is 2.06. The van der Waals surface area contributed by atoms with E-state index in [-0.39, 0.29) is 53.8 Å². The van der Waals surface area contributed by atoms with Gasteiger partial charge in [-0.15, -0.1) is 0 Å². The Kier molecular flexibility index (Phi) is 11.3. The molecular formula is C9H10O2WY-2. The molecule has 0 N–H and O–H groups in total. The molecule has 0 saturated heterocycles. The summed E-state index contributed by atoms with van der Waals surface area (Å²) in [5.74, 6) is 1.44. The van der Waals surface area contributed by atoms with E-state index in [0.717, 1.165) is 5.75 Å². The van der Waals surface area contributed by atoms with Crippen LogP contribution in [0.5, 0.6) is 11.5 Å². The summed E-state index contributed by atoms with van der Waals surface area (Å²) >= 11 is 0. The molecule has 0 fully saturated rings. The van der Waals surface area contributed by atoms with Crippen LogP contribution < -0.4 is 9.47 Å². The minimum absolute atomic E-state index is 0. The molecule has 1 rings (SSSR count). The van der Waals surface area contributed by atoms with Crippen molar-refractivity contribution in [2.75, 3.05) is 6.61 Å². The monoisotopic (exact) mass is 423 g/mol. The van der Waals surface area contributed by atoms with E-state index in [9.17, 15) is 0 Å². The molecule has 0 aromatic heterocycles. The fourth-order valence-electron chi connectivity index (χ4n) is 0.772. The largest absolute Gasteiger partial charge is 0.665 e. The minimum Gasteiger partial charge on any atom is -0.665 e. The molecule has 0 atom stereocenters. The van der Waals surface area contributed by atoms with Gasteiger partial charge in [0, 0.05) is 59.8 Å². The van der Waals surface area contributed by atoms with E-state index < -0.39 is 0 Å². The summed E-state index contributed by atoms with van der Waals surface area (Å²) in [5, 5.41) is 0. The number of rotatable bonds is 3. The van der Waals surface area contributed by atoms with E-state index in [1.807, 2.05) is 18.2 Å². The molecule has 0 unspecified atom stereocenters. The molecule has 0 aliphatic heterocycles. The fraction of sp³-hybridized carbons (Fsp3) is 0.111. The Hall–Kier alpha value is 0.612. The van der Waals surface area contributed by atoms with Crippen LogP contribution in [0.15, 0.2) is 24.3 Å². The summed E-state index contributed by atoms with van der Waals surface area (Å²) in [7, 11) is 3.29. The first-order chi connectivity index (χ1) is 5.36. The molecular weight excluding hydrogens is 413 g/mol. The first-order valence-corrected chi connectivity index (χ1v) is 3.31. The molecule has 0 heterocycles. The molecule has 1 aromatic rings. The van der Waals surface area contributed by atoms with Gasteiger partial charge in [0.1, 0.15) is 5.75 Å². The van der Waals surface area contributed by atoms with Crippen molar-refractivity contribution in [3.8, 4) is 11.5 Å². The minimum atomic E-state index is 0. The first-order valence-electron chi connectivity index (χ1n) is 3.31. The maximum Gasteiger partial charge on any atom is 0.118 e. The van der Waals surface area contributed by atoms with Gasteiger partial charge in [-0.25, -0.2) is 0 Å². The van der Waals surface area contributed by atoms with E-state index in [1.54, 1.807) is 6.07 Å². The van der Waals surface area contributed by atoms with Crippen molar-refractivity contribution in [2.24, 2.45) is 0 Å².